The minimum Gasteiger partial charge on any atom is -0.497 e. The number of benzene rings is 1. The van der Waals surface area contributed by atoms with Crippen LogP contribution >= 0.6 is 0 Å². The van der Waals surface area contributed by atoms with Gasteiger partial charge in [0.2, 0.25) is 0 Å². The van der Waals surface area contributed by atoms with Gasteiger partial charge < -0.3 is 14.8 Å². The lowest BCUT2D eigenvalue weighted by Crippen LogP contribution is -2.59. The molecule has 4 heteroatoms. The Labute approximate surface area is 140 Å². The summed E-state index contributed by atoms with van der Waals surface area (Å²) in [5.41, 5.74) is 1.61. The Morgan fingerprint density at radius 1 is 1.09 bits per heavy atom. The fraction of sp³-hybridized carbons (Fsp3) is 0.684. The van der Waals surface area contributed by atoms with Crippen molar-refractivity contribution in [1.29, 1.82) is 0 Å². The molecule has 2 fully saturated rings. The van der Waals surface area contributed by atoms with Gasteiger partial charge in [0.05, 0.1) is 7.11 Å². The minimum atomic E-state index is 0.297. The molecule has 1 aromatic carbocycles. The molecule has 0 spiro atoms. The van der Waals surface area contributed by atoms with E-state index in [2.05, 4.69) is 22.3 Å². The summed E-state index contributed by atoms with van der Waals surface area (Å²) in [7, 11) is 1.71. The van der Waals surface area contributed by atoms with E-state index in [1.54, 1.807) is 7.11 Å². The fourth-order valence-electron chi connectivity index (χ4n) is 3.91. The number of nitrogens with one attached hydrogen (secondary N) is 1. The second-order valence-electron chi connectivity index (χ2n) is 6.84. The van der Waals surface area contributed by atoms with E-state index >= 15 is 0 Å². The molecule has 1 N–H and O–H groups in total. The Hall–Kier alpha value is -1.10. The van der Waals surface area contributed by atoms with Crippen LogP contribution in [0.2, 0.25) is 0 Å². The molecule has 2 aliphatic rings. The Balaban J connectivity index is 1.57. The van der Waals surface area contributed by atoms with Crippen LogP contribution in [0.3, 0.4) is 0 Å². The summed E-state index contributed by atoms with van der Waals surface area (Å²) in [4.78, 5) is 2.74. The molecule has 0 saturated carbocycles. The van der Waals surface area contributed by atoms with E-state index in [-0.39, 0.29) is 0 Å². The van der Waals surface area contributed by atoms with Gasteiger partial charge >= 0.3 is 0 Å². The van der Waals surface area contributed by atoms with E-state index in [0.717, 1.165) is 44.9 Å². The van der Waals surface area contributed by atoms with Crippen molar-refractivity contribution in [1.82, 2.24) is 10.2 Å². The van der Waals surface area contributed by atoms with Crippen molar-refractivity contribution in [3.05, 3.63) is 29.8 Å². The van der Waals surface area contributed by atoms with Crippen LogP contribution in [0.5, 0.6) is 5.75 Å². The molecule has 0 aromatic heterocycles. The monoisotopic (exact) mass is 318 g/mol. The zero-order chi connectivity index (χ0) is 16.0. The molecule has 0 unspecified atom stereocenters. The zero-order valence-corrected chi connectivity index (χ0v) is 14.4. The summed E-state index contributed by atoms with van der Waals surface area (Å²) in [6.07, 6.45) is 6.40. The molecule has 2 aliphatic heterocycles. The predicted octanol–water partition coefficient (Wildman–Crippen LogP) is 2.82. The molecule has 23 heavy (non-hydrogen) atoms. The fourth-order valence-corrected chi connectivity index (χ4v) is 3.91. The van der Waals surface area contributed by atoms with Crippen molar-refractivity contribution in [2.24, 2.45) is 0 Å². The first kappa shape index (κ1) is 16.7. The molecule has 4 nitrogen and oxygen atoms in total. The first-order chi connectivity index (χ1) is 11.3. The summed E-state index contributed by atoms with van der Waals surface area (Å²) >= 11 is 0. The van der Waals surface area contributed by atoms with Crippen LogP contribution < -0.4 is 10.1 Å². The van der Waals surface area contributed by atoms with Crippen LogP contribution in [0.1, 0.15) is 37.7 Å². The smallest absolute Gasteiger partial charge is 0.118 e. The van der Waals surface area contributed by atoms with Crippen LogP contribution in [0.15, 0.2) is 24.3 Å². The van der Waals surface area contributed by atoms with Gasteiger partial charge in [-0.15, -0.1) is 0 Å². The number of rotatable bonds is 6. The van der Waals surface area contributed by atoms with E-state index in [1.165, 1.54) is 37.9 Å². The third-order valence-electron chi connectivity index (χ3n) is 5.39. The van der Waals surface area contributed by atoms with Crippen LogP contribution in [0.4, 0.5) is 0 Å². The second-order valence-corrected chi connectivity index (χ2v) is 6.84. The summed E-state index contributed by atoms with van der Waals surface area (Å²) in [6, 6.07) is 8.35. The molecule has 3 rings (SSSR count). The van der Waals surface area contributed by atoms with E-state index in [9.17, 15) is 0 Å². The SMILES string of the molecule is COc1ccc(CNCC2(N3CCCCC3)CCOCC2)cc1. The molecular weight excluding hydrogens is 288 g/mol. The van der Waals surface area contributed by atoms with Crippen molar-refractivity contribution in [3.8, 4) is 5.75 Å². The number of ether oxygens (including phenoxy) is 2. The Kier molecular flexibility index (Phi) is 5.92. The molecular formula is C19H30N2O2. The highest BCUT2D eigenvalue weighted by atomic mass is 16.5. The second kappa shape index (κ2) is 8.13. The Morgan fingerprint density at radius 3 is 2.43 bits per heavy atom. The first-order valence-corrected chi connectivity index (χ1v) is 8.99. The van der Waals surface area contributed by atoms with Crippen molar-refractivity contribution in [2.75, 3.05) is 40.0 Å². The van der Waals surface area contributed by atoms with Crippen molar-refractivity contribution in [3.63, 3.8) is 0 Å². The standard InChI is InChI=1S/C19H30N2O2/c1-22-18-7-5-17(6-8-18)15-20-16-19(9-13-23-14-10-19)21-11-3-2-4-12-21/h5-8,20H,2-4,9-16H2,1H3. The lowest BCUT2D eigenvalue weighted by atomic mass is 9.86. The maximum atomic E-state index is 5.64. The van der Waals surface area contributed by atoms with E-state index in [1.807, 2.05) is 12.1 Å². The molecule has 0 amide bonds. The van der Waals surface area contributed by atoms with E-state index in [4.69, 9.17) is 9.47 Å². The first-order valence-electron chi connectivity index (χ1n) is 8.99. The van der Waals surface area contributed by atoms with Crippen molar-refractivity contribution < 1.29 is 9.47 Å². The van der Waals surface area contributed by atoms with Crippen molar-refractivity contribution >= 4 is 0 Å². The zero-order valence-electron chi connectivity index (χ0n) is 14.4. The topological polar surface area (TPSA) is 33.7 Å². The lowest BCUT2D eigenvalue weighted by molar-refractivity contribution is -0.0358. The number of likely N-dealkylation sites (tertiary alicyclic amines) is 1. The Bertz CT molecular complexity index is 463. The lowest BCUT2D eigenvalue weighted by Gasteiger charge is -2.48. The molecule has 0 radical (unpaired) electrons. The van der Waals surface area contributed by atoms with E-state index < -0.39 is 0 Å². The third-order valence-corrected chi connectivity index (χ3v) is 5.39. The van der Waals surface area contributed by atoms with Crippen LogP contribution in [-0.4, -0.2) is 50.4 Å². The summed E-state index contributed by atoms with van der Waals surface area (Å²) in [5.74, 6) is 0.919. The molecule has 2 heterocycles. The van der Waals surface area contributed by atoms with Gasteiger partial charge in [-0.2, -0.15) is 0 Å². The molecule has 1 aromatic rings. The van der Waals surface area contributed by atoms with Gasteiger partial charge in [0.25, 0.3) is 0 Å². The maximum Gasteiger partial charge on any atom is 0.118 e. The van der Waals surface area contributed by atoms with Gasteiger partial charge in [-0.25, -0.2) is 0 Å². The normalized spacial score (nSPS) is 22.0. The minimum absolute atomic E-state index is 0.297. The van der Waals surface area contributed by atoms with Gasteiger partial charge in [0, 0.05) is 31.8 Å². The highest BCUT2D eigenvalue weighted by Crippen LogP contribution is 2.30. The number of nitrogens with zero attached hydrogens (tertiary/aromatic N) is 1. The quantitative estimate of drug-likeness (QED) is 0.874. The van der Waals surface area contributed by atoms with E-state index in [0.29, 0.717) is 5.54 Å². The Morgan fingerprint density at radius 2 is 1.78 bits per heavy atom. The molecule has 2 saturated heterocycles. The highest BCUT2D eigenvalue weighted by molar-refractivity contribution is 5.27. The number of hydrogen-bond donors (Lipinski definition) is 1. The molecule has 0 bridgehead atoms. The number of hydrogen-bond acceptors (Lipinski definition) is 4. The average molecular weight is 318 g/mol. The van der Waals surface area contributed by atoms with Gasteiger partial charge in [-0.3, -0.25) is 4.90 Å². The number of piperidine rings is 1. The van der Waals surface area contributed by atoms with Crippen LogP contribution in [-0.2, 0) is 11.3 Å². The molecule has 128 valence electrons. The van der Waals surface area contributed by atoms with Gasteiger partial charge in [-0.05, 0) is 56.5 Å². The highest BCUT2D eigenvalue weighted by Gasteiger charge is 2.38. The van der Waals surface area contributed by atoms with Crippen LogP contribution in [0.25, 0.3) is 0 Å². The molecule has 0 atom stereocenters. The predicted molar refractivity (Wildman–Crippen MR) is 92.9 cm³/mol. The third kappa shape index (κ3) is 4.25. The number of methoxy groups -OCH3 is 1. The van der Waals surface area contributed by atoms with Gasteiger partial charge in [0.1, 0.15) is 5.75 Å². The summed E-state index contributed by atoms with van der Waals surface area (Å²) in [6.45, 7) is 6.29. The average Bonchev–Trinajstić information content (AvgIpc) is 2.64. The maximum absolute atomic E-state index is 5.64. The summed E-state index contributed by atoms with van der Waals surface area (Å²) < 4.78 is 10.9. The summed E-state index contributed by atoms with van der Waals surface area (Å²) in [5, 5.41) is 3.71. The largest absolute Gasteiger partial charge is 0.497 e. The van der Waals surface area contributed by atoms with Crippen molar-refractivity contribution in [2.45, 2.75) is 44.2 Å². The van der Waals surface area contributed by atoms with Gasteiger partial charge in [0.15, 0.2) is 0 Å². The van der Waals surface area contributed by atoms with Crippen LogP contribution in [0, 0.1) is 0 Å². The molecule has 0 aliphatic carbocycles. The van der Waals surface area contributed by atoms with Gasteiger partial charge in [-0.1, -0.05) is 18.6 Å².